The Bertz CT molecular complexity index is 404. The second kappa shape index (κ2) is 5.81. The van der Waals surface area contributed by atoms with Crippen molar-refractivity contribution in [2.45, 2.75) is 26.3 Å². The van der Waals surface area contributed by atoms with Gasteiger partial charge in [-0.1, -0.05) is 25.4 Å². The van der Waals surface area contributed by atoms with E-state index in [1.165, 1.54) is 6.42 Å². The molecule has 1 atom stereocenters. The minimum atomic E-state index is 0.637. The van der Waals surface area contributed by atoms with E-state index in [2.05, 4.69) is 23.6 Å². The molecule has 1 unspecified atom stereocenters. The van der Waals surface area contributed by atoms with E-state index in [1.807, 2.05) is 18.2 Å². The molecule has 0 radical (unpaired) electrons. The van der Waals surface area contributed by atoms with Gasteiger partial charge in [0.2, 0.25) is 0 Å². The van der Waals surface area contributed by atoms with Crippen molar-refractivity contribution in [3.8, 4) is 0 Å². The lowest BCUT2D eigenvalue weighted by Crippen LogP contribution is -2.37. The van der Waals surface area contributed by atoms with Crippen LogP contribution < -0.4 is 10.6 Å². The Labute approximate surface area is 115 Å². The SMILES string of the molecule is CCN(CC)C1CCN(c2cc(Cl)ccc2N)C1. The third-order valence-corrected chi connectivity index (χ3v) is 4.06. The second-order valence-electron chi connectivity index (χ2n) is 4.81. The van der Waals surface area contributed by atoms with E-state index in [9.17, 15) is 0 Å². The smallest absolute Gasteiger partial charge is 0.0615 e. The molecule has 0 aliphatic carbocycles. The van der Waals surface area contributed by atoms with Crippen LogP contribution >= 0.6 is 11.6 Å². The van der Waals surface area contributed by atoms with Crippen LogP contribution in [-0.2, 0) is 0 Å². The van der Waals surface area contributed by atoms with Gasteiger partial charge in [0.15, 0.2) is 0 Å². The van der Waals surface area contributed by atoms with Crippen molar-refractivity contribution in [1.82, 2.24) is 4.90 Å². The lowest BCUT2D eigenvalue weighted by atomic mass is 10.2. The van der Waals surface area contributed by atoms with E-state index in [1.54, 1.807) is 0 Å². The molecule has 1 aliphatic rings. The Hall–Kier alpha value is -0.930. The Morgan fingerprint density at radius 3 is 2.78 bits per heavy atom. The van der Waals surface area contributed by atoms with Gasteiger partial charge in [0.05, 0.1) is 11.4 Å². The van der Waals surface area contributed by atoms with E-state index in [0.29, 0.717) is 6.04 Å². The molecule has 100 valence electrons. The molecule has 4 heteroatoms. The van der Waals surface area contributed by atoms with Crippen molar-refractivity contribution in [1.29, 1.82) is 0 Å². The van der Waals surface area contributed by atoms with E-state index >= 15 is 0 Å². The zero-order valence-electron chi connectivity index (χ0n) is 11.2. The first-order valence-electron chi connectivity index (χ1n) is 6.69. The fourth-order valence-electron chi connectivity index (χ4n) is 2.79. The van der Waals surface area contributed by atoms with Crippen molar-refractivity contribution in [2.75, 3.05) is 36.8 Å². The fourth-order valence-corrected chi connectivity index (χ4v) is 2.96. The summed E-state index contributed by atoms with van der Waals surface area (Å²) in [5.41, 5.74) is 7.94. The van der Waals surface area contributed by atoms with Crippen molar-refractivity contribution >= 4 is 23.0 Å². The Morgan fingerprint density at radius 2 is 2.11 bits per heavy atom. The highest BCUT2D eigenvalue weighted by Gasteiger charge is 2.27. The molecule has 18 heavy (non-hydrogen) atoms. The summed E-state index contributed by atoms with van der Waals surface area (Å²) in [6, 6.07) is 6.35. The van der Waals surface area contributed by atoms with Gasteiger partial charge in [0.25, 0.3) is 0 Å². The molecule has 0 amide bonds. The van der Waals surface area contributed by atoms with E-state index in [-0.39, 0.29) is 0 Å². The fraction of sp³-hybridized carbons (Fsp3) is 0.571. The average molecular weight is 268 g/mol. The predicted octanol–water partition coefficient (Wildman–Crippen LogP) is 2.84. The molecule has 0 saturated carbocycles. The minimum absolute atomic E-state index is 0.637. The van der Waals surface area contributed by atoms with Crippen molar-refractivity contribution < 1.29 is 0 Å². The topological polar surface area (TPSA) is 32.5 Å². The van der Waals surface area contributed by atoms with Gasteiger partial charge < -0.3 is 10.6 Å². The minimum Gasteiger partial charge on any atom is -0.397 e. The molecule has 0 aromatic heterocycles. The third-order valence-electron chi connectivity index (χ3n) is 3.83. The maximum Gasteiger partial charge on any atom is 0.0615 e. The normalized spacial score (nSPS) is 19.8. The number of hydrogen-bond donors (Lipinski definition) is 1. The van der Waals surface area contributed by atoms with Gasteiger partial charge >= 0.3 is 0 Å². The number of hydrogen-bond acceptors (Lipinski definition) is 3. The molecule has 1 aromatic rings. The summed E-state index contributed by atoms with van der Waals surface area (Å²) in [5.74, 6) is 0. The van der Waals surface area contributed by atoms with Crippen LogP contribution in [0.5, 0.6) is 0 Å². The molecule has 1 fully saturated rings. The van der Waals surface area contributed by atoms with Gasteiger partial charge in [-0.3, -0.25) is 4.90 Å². The van der Waals surface area contributed by atoms with Crippen LogP contribution in [0.25, 0.3) is 0 Å². The summed E-state index contributed by atoms with van der Waals surface area (Å²) in [5, 5.41) is 0.755. The molecule has 2 N–H and O–H groups in total. The number of benzene rings is 1. The van der Waals surface area contributed by atoms with Crippen LogP contribution in [0, 0.1) is 0 Å². The van der Waals surface area contributed by atoms with Gasteiger partial charge in [-0.2, -0.15) is 0 Å². The number of nitrogen functional groups attached to an aromatic ring is 1. The summed E-state index contributed by atoms with van der Waals surface area (Å²) >= 11 is 6.06. The Kier molecular flexibility index (Phi) is 4.36. The van der Waals surface area contributed by atoms with Crippen molar-refractivity contribution in [3.63, 3.8) is 0 Å². The summed E-state index contributed by atoms with van der Waals surface area (Å²) in [6.07, 6.45) is 1.20. The summed E-state index contributed by atoms with van der Waals surface area (Å²) in [6.45, 7) is 8.78. The lowest BCUT2D eigenvalue weighted by molar-refractivity contribution is 0.232. The third kappa shape index (κ3) is 2.73. The molecule has 1 heterocycles. The number of likely N-dealkylation sites (N-methyl/N-ethyl adjacent to an activating group) is 1. The van der Waals surface area contributed by atoms with Crippen LogP contribution in [0.2, 0.25) is 5.02 Å². The highest BCUT2D eigenvalue weighted by molar-refractivity contribution is 6.31. The number of rotatable bonds is 4. The van der Waals surface area contributed by atoms with Crippen LogP contribution in [0.3, 0.4) is 0 Å². The van der Waals surface area contributed by atoms with Crippen LogP contribution in [0.15, 0.2) is 18.2 Å². The zero-order valence-corrected chi connectivity index (χ0v) is 12.0. The Balaban J connectivity index is 2.10. The molecule has 1 saturated heterocycles. The average Bonchev–Trinajstić information content (AvgIpc) is 2.83. The monoisotopic (exact) mass is 267 g/mol. The predicted molar refractivity (Wildman–Crippen MR) is 79.4 cm³/mol. The Morgan fingerprint density at radius 1 is 1.39 bits per heavy atom. The first kappa shape index (κ1) is 13.5. The lowest BCUT2D eigenvalue weighted by Gasteiger charge is -2.27. The zero-order chi connectivity index (χ0) is 13.1. The molecular weight excluding hydrogens is 246 g/mol. The largest absolute Gasteiger partial charge is 0.397 e. The summed E-state index contributed by atoms with van der Waals surface area (Å²) in [7, 11) is 0. The van der Waals surface area contributed by atoms with E-state index < -0.39 is 0 Å². The number of nitrogens with two attached hydrogens (primary N) is 1. The van der Waals surface area contributed by atoms with Crippen LogP contribution in [-0.4, -0.2) is 37.1 Å². The standard InChI is InChI=1S/C14H22ClN3/c1-3-17(4-2)12-7-8-18(10-12)14-9-11(15)5-6-13(14)16/h5-6,9,12H,3-4,7-8,10,16H2,1-2H3. The summed E-state index contributed by atoms with van der Waals surface area (Å²) < 4.78 is 0. The van der Waals surface area contributed by atoms with Gasteiger partial charge in [0.1, 0.15) is 0 Å². The first-order valence-corrected chi connectivity index (χ1v) is 7.07. The number of halogens is 1. The van der Waals surface area contributed by atoms with E-state index in [4.69, 9.17) is 17.3 Å². The first-order chi connectivity index (χ1) is 8.65. The van der Waals surface area contributed by atoms with Gasteiger partial charge in [-0.05, 0) is 37.7 Å². The molecule has 3 nitrogen and oxygen atoms in total. The van der Waals surface area contributed by atoms with Gasteiger partial charge in [-0.15, -0.1) is 0 Å². The number of anilines is 2. The number of nitrogens with zero attached hydrogens (tertiary/aromatic N) is 2. The molecule has 1 aromatic carbocycles. The van der Waals surface area contributed by atoms with Crippen LogP contribution in [0.1, 0.15) is 20.3 Å². The highest BCUT2D eigenvalue weighted by atomic mass is 35.5. The maximum absolute atomic E-state index is 6.06. The maximum atomic E-state index is 6.06. The molecular formula is C14H22ClN3. The summed E-state index contributed by atoms with van der Waals surface area (Å²) in [4.78, 5) is 4.87. The van der Waals surface area contributed by atoms with Gasteiger partial charge in [-0.25, -0.2) is 0 Å². The second-order valence-corrected chi connectivity index (χ2v) is 5.25. The van der Waals surface area contributed by atoms with Gasteiger partial charge in [0, 0.05) is 24.2 Å². The molecule has 2 rings (SSSR count). The van der Waals surface area contributed by atoms with Crippen molar-refractivity contribution in [3.05, 3.63) is 23.2 Å². The molecule has 0 bridgehead atoms. The van der Waals surface area contributed by atoms with E-state index in [0.717, 1.165) is 42.6 Å². The molecule has 1 aliphatic heterocycles. The van der Waals surface area contributed by atoms with Crippen molar-refractivity contribution in [2.24, 2.45) is 0 Å². The molecule has 0 spiro atoms. The quantitative estimate of drug-likeness (QED) is 0.852. The highest BCUT2D eigenvalue weighted by Crippen LogP contribution is 2.30. The van der Waals surface area contributed by atoms with Crippen LogP contribution in [0.4, 0.5) is 11.4 Å².